The number of aliphatic hydroxyl groups excluding tert-OH is 1. The molecule has 0 aliphatic heterocycles. The third-order valence-corrected chi connectivity index (χ3v) is 2.74. The van der Waals surface area contributed by atoms with Gasteiger partial charge in [0.05, 0.1) is 6.61 Å². The van der Waals surface area contributed by atoms with Crippen molar-refractivity contribution in [3.63, 3.8) is 0 Å². The lowest BCUT2D eigenvalue weighted by molar-refractivity contribution is 0.302. The zero-order valence-electron chi connectivity index (χ0n) is 9.83. The van der Waals surface area contributed by atoms with Crippen LogP contribution in [0.2, 0.25) is 5.02 Å². The van der Waals surface area contributed by atoms with E-state index in [2.05, 4.69) is 17.1 Å². The number of benzene rings is 1. The van der Waals surface area contributed by atoms with E-state index in [0.29, 0.717) is 6.54 Å². The third kappa shape index (κ3) is 3.37. The van der Waals surface area contributed by atoms with Crippen molar-refractivity contribution in [2.75, 3.05) is 31.6 Å². The molecule has 2 N–H and O–H groups in total. The van der Waals surface area contributed by atoms with Crippen molar-refractivity contribution in [2.24, 2.45) is 0 Å². The summed E-state index contributed by atoms with van der Waals surface area (Å²) in [6.45, 7) is 4.51. The molecule has 0 bridgehead atoms. The number of nitrogens with zero attached hydrogens (tertiary/aromatic N) is 1. The first kappa shape index (κ1) is 13.3. The number of anilines is 1. The van der Waals surface area contributed by atoms with Crippen LogP contribution in [0, 0.1) is 0 Å². The molecule has 0 amide bonds. The average Bonchev–Trinajstić information content (AvgIpc) is 2.29. The molecule has 1 rings (SSSR count). The van der Waals surface area contributed by atoms with Crippen LogP contribution in [0.15, 0.2) is 18.2 Å². The number of rotatable bonds is 6. The maximum atomic E-state index is 9.03. The first-order valence-corrected chi connectivity index (χ1v) is 5.89. The van der Waals surface area contributed by atoms with Gasteiger partial charge >= 0.3 is 0 Å². The summed E-state index contributed by atoms with van der Waals surface area (Å²) in [7, 11) is 1.92. The van der Waals surface area contributed by atoms with E-state index in [1.54, 1.807) is 0 Å². The van der Waals surface area contributed by atoms with E-state index in [1.807, 2.05) is 25.2 Å². The van der Waals surface area contributed by atoms with Crippen molar-refractivity contribution in [1.29, 1.82) is 0 Å². The molecule has 0 fully saturated rings. The first-order valence-electron chi connectivity index (χ1n) is 5.51. The van der Waals surface area contributed by atoms with Gasteiger partial charge in [-0.2, -0.15) is 0 Å². The largest absolute Gasteiger partial charge is 0.395 e. The summed E-state index contributed by atoms with van der Waals surface area (Å²) in [5.74, 6) is 0. The van der Waals surface area contributed by atoms with Gasteiger partial charge < -0.3 is 15.3 Å². The average molecular weight is 243 g/mol. The van der Waals surface area contributed by atoms with Gasteiger partial charge in [-0.1, -0.05) is 17.7 Å². The number of hydrogen-bond acceptors (Lipinski definition) is 3. The maximum Gasteiger partial charge on any atom is 0.0606 e. The lowest BCUT2D eigenvalue weighted by Crippen LogP contribution is -2.27. The number of aliphatic hydroxyl groups is 1. The van der Waals surface area contributed by atoms with E-state index < -0.39 is 0 Å². The topological polar surface area (TPSA) is 35.5 Å². The second kappa shape index (κ2) is 6.74. The highest BCUT2D eigenvalue weighted by Gasteiger charge is 2.09. The highest BCUT2D eigenvalue weighted by Crippen LogP contribution is 2.24. The Bertz CT molecular complexity index is 331. The quantitative estimate of drug-likeness (QED) is 0.800. The normalized spacial score (nSPS) is 10.5. The molecule has 0 saturated carbocycles. The van der Waals surface area contributed by atoms with Gasteiger partial charge in [-0.15, -0.1) is 0 Å². The molecule has 1 aromatic rings. The first-order chi connectivity index (χ1) is 7.72. The Balaban J connectivity index is 3.01. The smallest absolute Gasteiger partial charge is 0.0606 e. The van der Waals surface area contributed by atoms with Gasteiger partial charge in [-0.3, -0.25) is 0 Å². The molecule has 0 atom stereocenters. The highest BCUT2D eigenvalue weighted by molar-refractivity contribution is 6.30. The molecular formula is C12H19ClN2O. The molecule has 0 radical (unpaired) electrons. The van der Waals surface area contributed by atoms with Gasteiger partial charge in [-0.05, 0) is 31.7 Å². The minimum absolute atomic E-state index is 0.152. The summed E-state index contributed by atoms with van der Waals surface area (Å²) >= 11 is 6.01. The molecule has 0 heterocycles. The van der Waals surface area contributed by atoms with E-state index in [0.717, 1.165) is 23.8 Å². The SMILES string of the molecule is CCN(CCO)c1cc(Cl)ccc1CNC. The fourth-order valence-electron chi connectivity index (χ4n) is 1.74. The van der Waals surface area contributed by atoms with Gasteiger partial charge in [0.25, 0.3) is 0 Å². The van der Waals surface area contributed by atoms with Crippen LogP contribution in [0.5, 0.6) is 0 Å². The molecule has 0 aliphatic rings. The standard InChI is InChI=1S/C12H19ClN2O/c1-3-15(6-7-16)12-8-11(13)5-4-10(12)9-14-2/h4-5,8,14,16H,3,6-7,9H2,1-2H3. The van der Waals surface area contributed by atoms with Crippen molar-refractivity contribution in [3.8, 4) is 0 Å². The zero-order valence-corrected chi connectivity index (χ0v) is 10.6. The molecule has 0 spiro atoms. The predicted molar refractivity (Wildman–Crippen MR) is 69.2 cm³/mol. The van der Waals surface area contributed by atoms with E-state index >= 15 is 0 Å². The molecule has 0 aliphatic carbocycles. The van der Waals surface area contributed by atoms with Crippen LogP contribution >= 0.6 is 11.6 Å². The summed E-state index contributed by atoms with van der Waals surface area (Å²) in [6.07, 6.45) is 0. The minimum Gasteiger partial charge on any atom is -0.395 e. The van der Waals surface area contributed by atoms with Crippen LogP contribution in [-0.2, 0) is 6.54 Å². The second-order valence-corrected chi connectivity index (χ2v) is 4.04. The molecule has 0 unspecified atom stereocenters. The Morgan fingerprint density at radius 1 is 1.44 bits per heavy atom. The number of likely N-dealkylation sites (N-methyl/N-ethyl adjacent to an activating group) is 1. The Morgan fingerprint density at radius 2 is 2.19 bits per heavy atom. The fourth-order valence-corrected chi connectivity index (χ4v) is 1.91. The van der Waals surface area contributed by atoms with Crippen molar-refractivity contribution in [1.82, 2.24) is 5.32 Å². The Morgan fingerprint density at radius 3 is 2.75 bits per heavy atom. The molecule has 4 heteroatoms. The number of hydrogen-bond donors (Lipinski definition) is 2. The molecule has 1 aromatic carbocycles. The predicted octanol–water partition coefficient (Wildman–Crippen LogP) is 1.88. The molecule has 16 heavy (non-hydrogen) atoms. The monoisotopic (exact) mass is 242 g/mol. The molecule has 0 saturated heterocycles. The highest BCUT2D eigenvalue weighted by atomic mass is 35.5. The summed E-state index contributed by atoms with van der Waals surface area (Å²) < 4.78 is 0. The van der Waals surface area contributed by atoms with Gasteiger partial charge in [0.2, 0.25) is 0 Å². The third-order valence-electron chi connectivity index (χ3n) is 2.51. The second-order valence-electron chi connectivity index (χ2n) is 3.61. The van der Waals surface area contributed by atoms with Gasteiger partial charge in [0.15, 0.2) is 0 Å². The van der Waals surface area contributed by atoms with Crippen molar-refractivity contribution < 1.29 is 5.11 Å². The van der Waals surface area contributed by atoms with E-state index in [4.69, 9.17) is 16.7 Å². The summed E-state index contributed by atoms with van der Waals surface area (Å²) in [4.78, 5) is 2.12. The van der Waals surface area contributed by atoms with Crippen LogP contribution in [0.4, 0.5) is 5.69 Å². The lowest BCUT2D eigenvalue weighted by atomic mass is 10.1. The summed E-state index contributed by atoms with van der Waals surface area (Å²) in [6, 6.07) is 5.87. The lowest BCUT2D eigenvalue weighted by Gasteiger charge is -2.25. The number of nitrogens with one attached hydrogen (secondary N) is 1. The van der Waals surface area contributed by atoms with Crippen LogP contribution in [-0.4, -0.2) is 31.9 Å². The van der Waals surface area contributed by atoms with Crippen molar-refractivity contribution in [3.05, 3.63) is 28.8 Å². The molecule has 3 nitrogen and oxygen atoms in total. The Kier molecular flexibility index (Phi) is 5.60. The number of halogens is 1. The van der Waals surface area contributed by atoms with E-state index in [1.165, 1.54) is 5.56 Å². The van der Waals surface area contributed by atoms with Gasteiger partial charge in [0.1, 0.15) is 0 Å². The van der Waals surface area contributed by atoms with E-state index in [-0.39, 0.29) is 6.61 Å². The summed E-state index contributed by atoms with van der Waals surface area (Å²) in [5, 5.41) is 12.9. The van der Waals surface area contributed by atoms with Crippen LogP contribution in [0.1, 0.15) is 12.5 Å². The van der Waals surface area contributed by atoms with Crippen LogP contribution in [0.25, 0.3) is 0 Å². The molecular weight excluding hydrogens is 224 g/mol. The van der Waals surface area contributed by atoms with E-state index in [9.17, 15) is 0 Å². The van der Waals surface area contributed by atoms with Crippen molar-refractivity contribution in [2.45, 2.75) is 13.5 Å². The minimum atomic E-state index is 0.152. The summed E-state index contributed by atoms with van der Waals surface area (Å²) in [5.41, 5.74) is 2.29. The van der Waals surface area contributed by atoms with Gasteiger partial charge in [0, 0.05) is 30.3 Å². The zero-order chi connectivity index (χ0) is 12.0. The van der Waals surface area contributed by atoms with Crippen molar-refractivity contribution >= 4 is 17.3 Å². The van der Waals surface area contributed by atoms with Crippen LogP contribution in [0.3, 0.4) is 0 Å². The fraction of sp³-hybridized carbons (Fsp3) is 0.500. The maximum absolute atomic E-state index is 9.03. The molecule has 90 valence electrons. The van der Waals surface area contributed by atoms with Crippen LogP contribution < -0.4 is 10.2 Å². The Labute approximate surface area is 102 Å². The molecule has 0 aromatic heterocycles. The Hall–Kier alpha value is -0.770. The van der Waals surface area contributed by atoms with Gasteiger partial charge in [-0.25, -0.2) is 0 Å².